The van der Waals surface area contributed by atoms with Gasteiger partial charge in [0.15, 0.2) is 0 Å². The average Bonchev–Trinajstić information content (AvgIpc) is 1.61. The molecule has 0 radical (unpaired) electrons. The van der Waals surface area contributed by atoms with Crippen LogP contribution in [0.15, 0.2) is 205 Å². The molecule has 6 fully saturated rings. The fourth-order valence-corrected chi connectivity index (χ4v) is 18.5. The number of halogens is 1. The predicted octanol–water partition coefficient (Wildman–Crippen LogP) is 27.5. The highest BCUT2D eigenvalue weighted by Gasteiger charge is 2.35. The van der Waals surface area contributed by atoms with Crippen LogP contribution in [0.5, 0.6) is 0 Å². The van der Waals surface area contributed by atoms with Gasteiger partial charge in [0.2, 0.25) is 0 Å². The number of aryl methyl sites for hydroxylation is 3. The number of carbonyl (C=O) groups is 2. The third kappa shape index (κ3) is 22.1. The molecule has 0 unspecified atom stereocenters. The smallest absolute Gasteiger partial charge is 0.412 e. The largest absolute Gasteiger partial charge is 0.444 e. The maximum absolute atomic E-state index is 12.2. The number of amides is 2. The highest BCUT2D eigenvalue weighted by atomic mass is 79.9. The Balaban J connectivity index is 0.000000108. The number of nitrogens with zero attached hydrogens (tertiary/aromatic N) is 8. The zero-order valence-corrected chi connectivity index (χ0v) is 78.0. The van der Waals surface area contributed by atoms with E-state index < -0.39 is 17.3 Å². The number of hydrogen-bond donors (Lipinski definition) is 5. The molecule has 2 amide bonds. The van der Waals surface area contributed by atoms with Gasteiger partial charge in [-0.15, -0.1) is 0 Å². The van der Waals surface area contributed by atoms with E-state index in [9.17, 15) is 29.8 Å². The minimum absolute atomic E-state index is 0.136. The van der Waals surface area contributed by atoms with Crippen molar-refractivity contribution in [1.29, 1.82) is 0 Å². The summed E-state index contributed by atoms with van der Waals surface area (Å²) < 4.78 is 18.2. The Morgan fingerprint density at radius 3 is 1.15 bits per heavy atom. The van der Waals surface area contributed by atoms with E-state index in [0.29, 0.717) is 29.6 Å². The molecule has 0 bridgehead atoms. The molecule has 22 heteroatoms. The maximum Gasteiger partial charge on any atom is 0.412 e. The first-order valence-corrected chi connectivity index (χ1v) is 47.0. The monoisotopic (exact) mass is 1810 g/mol. The lowest BCUT2D eigenvalue weighted by Crippen LogP contribution is -2.27. The van der Waals surface area contributed by atoms with Crippen LogP contribution in [0, 0.1) is 41.0 Å². The van der Waals surface area contributed by atoms with E-state index >= 15 is 0 Å². The zero-order chi connectivity index (χ0) is 91.7. The van der Waals surface area contributed by atoms with Crippen LogP contribution in [-0.4, -0.2) is 68.4 Å². The van der Waals surface area contributed by atoms with Crippen molar-refractivity contribution >= 4 is 125 Å². The summed E-state index contributed by atoms with van der Waals surface area (Å²) >= 11 is 3.32. The van der Waals surface area contributed by atoms with Gasteiger partial charge >= 0.3 is 12.2 Å². The van der Waals surface area contributed by atoms with Crippen LogP contribution in [0.4, 0.5) is 49.4 Å². The average molecular weight is 1820 g/mol. The maximum atomic E-state index is 12.2. The molecule has 6 heterocycles. The molecule has 7 N–H and O–H groups in total. The Morgan fingerprint density at radius 1 is 0.420 bits per heavy atom. The summed E-state index contributed by atoms with van der Waals surface area (Å²) in [5, 5.41) is 34.2. The van der Waals surface area contributed by atoms with Gasteiger partial charge in [-0.25, -0.2) is 9.59 Å². The van der Waals surface area contributed by atoms with Crippen LogP contribution in [0.3, 0.4) is 0 Å². The molecule has 6 saturated carbocycles. The topological polar surface area (TPSA) is 280 Å². The van der Waals surface area contributed by atoms with Crippen molar-refractivity contribution in [1.82, 2.24) is 28.7 Å². The number of pyridine rings is 3. The number of nitro groups is 2. The third-order valence-corrected chi connectivity index (χ3v) is 25.7. The summed E-state index contributed by atoms with van der Waals surface area (Å²) in [6.07, 6.45) is 48.3. The summed E-state index contributed by atoms with van der Waals surface area (Å²) in [7, 11) is 0. The van der Waals surface area contributed by atoms with Crippen molar-refractivity contribution in [3.63, 3.8) is 0 Å². The van der Waals surface area contributed by atoms with E-state index in [4.69, 9.17) is 20.9 Å². The van der Waals surface area contributed by atoms with Crippen LogP contribution >= 0.6 is 15.9 Å². The number of anilines is 5. The van der Waals surface area contributed by atoms with Crippen LogP contribution < -0.4 is 27.4 Å². The number of nitrogens with one attached hydrogen (secondary N) is 3. The number of nitrogens with two attached hydrogens (primary N) is 2. The first-order chi connectivity index (χ1) is 63.0. The van der Waals surface area contributed by atoms with Crippen molar-refractivity contribution in [2.24, 2.45) is 0 Å². The molecule has 0 aliphatic heterocycles. The molecule has 672 valence electrons. The Morgan fingerprint density at radius 2 is 0.748 bits per heavy atom. The third-order valence-electron chi connectivity index (χ3n) is 25.0. The molecule has 23 rings (SSSR count). The van der Waals surface area contributed by atoms with Crippen molar-refractivity contribution in [2.45, 2.75) is 225 Å². The number of non-ortho nitro benzene ring substituents is 2. The van der Waals surface area contributed by atoms with Crippen molar-refractivity contribution < 1.29 is 28.9 Å². The highest BCUT2D eigenvalue weighted by molar-refractivity contribution is 9.10. The Bertz CT molecular complexity index is 6660. The molecule has 13 aromatic rings. The number of hydrogen-bond acceptors (Lipinski definition) is 14. The summed E-state index contributed by atoms with van der Waals surface area (Å²) in [4.78, 5) is 58.0. The number of fused-ring (bicyclic) bond motifs is 7. The Kier molecular flexibility index (Phi) is 26.1. The molecule has 0 atom stereocenters. The number of carbonyl (C=O) groups excluding carboxylic acids is 2. The summed E-state index contributed by atoms with van der Waals surface area (Å²) in [6.45, 7) is 20.4. The molecule has 0 spiro atoms. The molecule has 10 aliphatic rings. The lowest BCUT2D eigenvalue weighted by atomic mass is 9.98. The summed E-state index contributed by atoms with van der Waals surface area (Å²) in [6, 6.07) is 46.9. The number of rotatable bonds is 16. The zero-order valence-electron chi connectivity index (χ0n) is 76.4. The van der Waals surface area contributed by atoms with Crippen molar-refractivity contribution in [3.05, 3.63) is 321 Å². The number of benzene rings is 7. The number of nitrogen functional groups attached to an aromatic ring is 2. The van der Waals surface area contributed by atoms with Crippen molar-refractivity contribution in [2.75, 3.05) is 34.0 Å². The molecular weight excluding hydrogens is 1700 g/mol. The first-order valence-electron chi connectivity index (χ1n) is 46.3. The number of aromatic nitrogens is 6. The van der Waals surface area contributed by atoms with E-state index in [1.54, 1.807) is 24.3 Å². The molecule has 21 nitrogen and oxygen atoms in total. The van der Waals surface area contributed by atoms with Crippen LogP contribution in [-0.2, 0) is 35.2 Å². The minimum atomic E-state index is -0.519. The van der Waals surface area contributed by atoms with Gasteiger partial charge in [-0.3, -0.25) is 45.8 Å². The standard InChI is InChI=1S/C22H25N3O2.C20H23N3.C17H17N3.C17H21NO2.C12H11NO2.C12H13N.C9H6BrNO2/c1-14-5-8-18(13-23-14)25-10-9-16-11-17(24-21(26)27-22(2,3)4)12-19(20(16)25)15-6-7-15;1-3-9-21-17-11-16-8-10-23(18-7-4-14(2)22-13-18)20(16)19(12-17)15-5-6-15;1-11-2-5-15(10-19-11)20-7-6-13-8-14(18)9-16(17(13)20)12-3-4-12;1-17(2,3)20-16(19)18-13-9-12-5-4-6-14(12)15(10-13)11-7-8-11;14-13(15)10-6-9-2-1-3-11(9)12(7-10)8-4-5-8;13-10-6-9-2-1-3-11(9)12(7-10)8-4-5-8;10-9-5-7(11(12)13)4-6-2-1-3-8(6)9/h5,8-13,15H,6-7H2,1-4H3,(H,24,26);4,7-8,10-13,15,21H,3,5-6,9H2,1-2H3;2,5-10,12H,3-4,18H2,1H3;4-5,9-11H,6-8H2,1-3H3,(H,18,19);1-2,6-8H,3-5H2;1-2,6-8H,3-5,13H2;1-2,4-5H,3H2. The van der Waals surface area contributed by atoms with Gasteiger partial charge in [-0.2, -0.15) is 0 Å². The van der Waals surface area contributed by atoms with E-state index in [2.05, 4.69) is 213 Å². The lowest BCUT2D eigenvalue weighted by Gasteiger charge is -2.20. The first kappa shape index (κ1) is 89.8. The molecule has 7 aromatic carbocycles. The second kappa shape index (κ2) is 38.1. The molecule has 0 saturated heterocycles. The van der Waals surface area contributed by atoms with Gasteiger partial charge in [0.25, 0.3) is 11.4 Å². The number of ether oxygens (including phenoxy) is 2. The van der Waals surface area contributed by atoms with Crippen molar-refractivity contribution in [3.8, 4) is 17.1 Å². The van der Waals surface area contributed by atoms with Crippen LogP contribution in [0.1, 0.15) is 262 Å². The quantitative estimate of drug-likeness (QED) is 0.0342. The van der Waals surface area contributed by atoms with Gasteiger partial charge in [-0.1, -0.05) is 71.5 Å². The molecule has 10 aliphatic carbocycles. The van der Waals surface area contributed by atoms with Gasteiger partial charge in [-0.05, 0) is 400 Å². The molecule has 6 aromatic heterocycles. The fourth-order valence-electron chi connectivity index (χ4n) is 17.9. The van der Waals surface area contributed by atoms with Gasteiger partial charge < -0.3 is 40.0 Å². The normalized spacial score (nSPS) is 15.6. The van der Waals surface area contributed by atoms with Gasteiger partial charge in [0.1, 0.15) is 11.2 Å². The fraction of sp³-hybridized carbons (Fsp3) is 0.330. The Labute approximate surface area is 774 Å². The van der Waals surface area contributed by atoms with E-state index in [1.165, 1.54) is 171 Å². The van der Waals surface area contributed by atoms with Gasteiger partial charge in [0.05, 0.1) is 62.0 Å². The van der Waals surface area contributed by atoms with Gasteiger partial charge in [0, 0.05) is 116 Å². The minimum Gasteiger partial charge on any atom is -0.444 e. The summed E-state index contributed by atoms with van der Waals surface area (Å²) in [5.74, 6) is 4.01. The lowest BCUT2D eigenvalue weighted by molar-refractivity contribution is -0.385. The Hall–Kier alpha value is -13.2. The highest BCUT2D eigenvalue weighted by Crippen LogP contribution is 2.51. The van der Waals surface area contributed by atoms with Crippen LogP contribution in [0.25, 0.3) is 74.1 Å². The van der Waals surface area contributed by atoms with E-state index in [1.807, 2.05) is 117 Å². The predicted molar refractivity (Wildman–Crippen MR) is 534 cm³/mol. The summed E-state index contributed by atoms with van der Waals surface area (Å²) in [5.41, 5.74) is 44.4. The molecular formula is C109H116BrN13O8. The van der Waals surface area contributed by atoms with E-state index in [0.717, 1.165) is 128 Å². The van der Waals surface area contributed by atoms with Crippen LogP contribution in [0.2, 0.25) is 0 Å². The number of allylic oxidation sites excluding steroid dienone is 4. The second-order valence-electron chi connectivity index (χ2n) is 38.3. The van der Waals surface area contributed by atoms with E-state index in [-0.39, 0.29) is 27.3 Å². The second-order valence-corrected chi connectivity index (χ2v) is 39.1. The number of nitro benzene ring substituents is 2. The molecule has 131 heavy (non-hydrogen) atoms. The SMILES string of the molecule is CC(C)(C)OC(=O)Nc1cc2c(c(C3CC3)c1)CC=C2.CCCNc1cc(C2CC2)c2c(ccn2-c2ccc(C)nc2)c1.Cc1ccc(-n2ccc3cc(N)cc(C4CC4)c32)cn1.Cc1ccc(-n2ccc3cc(NC(=O)OC(C)(C)C)cc(C4CC4)c32)cn1.Nc1cc2c(c(C3CC3)c1)CC=C2.O=[N+]([O-])c1cc(Br)c2c(c1)C=CC2.O=[N+]([O-])c1cc2c(c(C3CC3)c1)CC=C2.